The summed E-state index contributed by atoms with van der Waals surface area (Å²) in [6.45, 7) is 1.89. The number of rotatable bonds is 2. The molecule has 2 fully saturated rings. The molecule has 2 heterocycles. The van der Waals surface area contributed by atoms with Gasteiger partial charge in [-0.3, -0.25) is 0 Å². The second-order valence-electron chi connectivity index (χ2n) is 4.49. The molecule has 4 nitrogen and oxygen atoms in total. The Balaban J connectivity index is 1.75. The molecule has 0 aromatic carbocycles. The Morgan fingerprint density at radius 3 is 2.88 bits per heavy atom. The van der Waals surface area contributed by atoms with E-state index in [1.807, 2.05) is 0 Å². The van der Waals surface area contributed by atoms with Crippen molar-refractivity contribution < 1.29 is 4.74 Å². The molecule has 1 aromatic rings. The molecular formula is C13H15N3O. The first-order valence-corrected chi connectivity index (χ1v) is 6.12. The molecule has 0 bridgehead atoms. The minimum atomic E-state index is 0.202. The van der Waals surface area contributed by atoms with Crippen molar-refractivity contribution in [1.82, 2.24) is 15.3 Å². The fourth-order valence-electron chi connectivity index (χ4n) is 1.78. The van der Waals surface area contributed by atoms with Crippen LogP contribution >= 0.6 is 0 Å². The van der Waals surface area contributed by atoms with Gasteiger partial charge in [-0.25, -0.2) is 9.97 Å². The molecule has 1 aliphatic heterocycles. The highest BCUT2D eigenvalue weighted by atomic mass is 16.5. The molecule has 1 N–H and O–H groups in total. The van der Waals surface area contributed by atoms with Crippen molar-refractivity contribution in [2.24, 2.45) is 5.92 Å². The third-order valence-electron chi connectivity index (χ3n) is 2.93. The van der Waals surface area contributed by atoms with Gasteiger partial charge < -0.3 is 10.1 Å². The Morgan fingerprint density at radius 2 is 2.12 bits per heavy atom. The zero-order valence-electron chi connectivity index (χ0n) is 9.65. The molecule has 0 amide bonds. The maximum absolute atomic E-state index is 5.82. The fraction of sp³-hybridized carbons (Fsp3) is 0.538. The molecule has 1 atom stereocenters. The first-order chi connectivity index (χ1) is 8.42. The standard InChI is InChI=1S/C13H15N3O/c1-2-10(1)3-4-12-13(16-8-7-15-12)17-11-5-6-14-9-11/h7-8,10-11,14H,1-2,5-6,9H2. The summed E-state index contributed by atoms with van der Waals surface area (Å²) in [6, 6.07) is 0. The van der Waals surface area contributed by atoms with E-state index < -0.39 is 0 Å². The summed E-state index contributed by atoms with van der Waals surface area (Å²) in [5, 5.41) is 3.26. The Labute approximate surface area is 101 Å². The van der Waals surface area contributed by atoms with Crippen molar-refractivity contribution in [3.8, 4) is 17.7 Å². The van der Waals surface area contributed by atoms with Crippen LogP contribution in [0.5, 0.6) is 5.88 Å². The predicted molar refractivity (Wildman–Crippen MR) is 63.5 cm³/mol. The van der Waals surface area contributed by atoms with Gasteiger partial charge in [0.25, 0.3) is 0 Å². The van der Waals surface area contributed by atoms with Crippen molar-refractivity contribution in [2.75, 3.05) is 13.1 Å². The van der Waals surface area contributed by atoms with Gasteiger partial charge in [-0.15, -0.1) is 0 Å². The van der Waals surface area contributed by atoms with Gasteiger partial charge in [-0.2, -0.15) is 0 Å². The number of ether oxygens (including phenoxy) is 1. The van der Waals surface area contributed by atoms with E-state index in [9.17, 15) is 0 Å². The van der Waals surface area contributed by atoms with E-state index in [4.69, 9.17) is 4.74 Å². The van der Waals surface area contributed by atoms with E-state index in [-0.39, 0.29) is 6.10 Å². The minimum Gasteiger partial charge on any atom is -0.471 e. The van der Waals surface area contributed by atoms with Crippen molar-refractivity contribution in [1.29, 1.82) is 0 Å². The average molecular weight is 229 g/mol. The molecule has 1 aromatic heterocycles. The molecule has 0 spiro atoms. The highest BCUT2D eigenvalue weighted by Crippen LogP contribution is 2.27. The number of nitrogens with zero attached hydrogens (tertiary/aromatic N) is 2. The lowest BCUT2D eigenvalue weighted by atomic mass is 10.3. The van der Waals surface area contributed by atoms with E-state index in [1.54, 1.807) is 12.4 Å². The number of nitrogens with one attached hydrogen (secondary N) is 1. The van der Waals surface area contributed by atoms with Crippen LogP contribution in [0.1, 0.15) is 25.0 Å². The fourth-order valence-corrected chi connectivity index (χ4v) is 1.78. The van der Waals surface area contributed by atoms with Crippen LogP contribution in [0.4, 0.5) is 0 Å². The van der Waals surface area contributed by atoms with Crippen LogP contribution in [0.2, 0.25) is 0 Å². The Morgan fingerprint density at radius 1 is 1.24 bits per heavy atom. The van der Waals surface area contributed by atoms with Gasteiger partial charge in [0.2, 0.25) is 5.88 Å². The maximum Gasteiger partial charge on any atom is 0.249 e. The van der Waals surface area contributed by atoms with Crippen LogP contribution in [-0.4, -0.2) is 29.2 Å². The van der Waals surface area contributed by atoms with Crippen LogP contribution in [-0.2, 0) is 0 Å². The zero-order valence-corrected chi connectivity index (χ0v) is 9.65. The first kappa shape index (κ1) is 10.5. The molecule has 2 aliphatic rings. The molecule has 17 heavy (non-hydrogen) atoms. The lowest BCUT2D eigenvalue weighted by Crippen LogP contribution is -2.20. The molecule has 1 saturated carbocycles. The van der Waals surface area contributed by atoms with Gasteiger partial charge in [0.05, 0.1) is 0 Å². The summed E-state index contributed by atoms with van der Waals surface area (Å²) in [6.07, 6.45) is 6.97. The number of hydrogen-bond donors (Lipinski definition) is 1. The van der Waals surface area contributed by atoms with Gasteiger partial charge in [-0.1, -0.05) is 5.92 Å². The van der Waals surface area contributed by atoms with Crippen molar-refractivity contribution >= 4 is 0 Å². The molecule has 3 rings (SSSR count). The summed E-state index contributed by atoms with van der Waals surface area (Å²) in [4.78, 5) is 8.46. The third kappa shape index (κ3) is 2.75. The normalized spacial score (nSPS) is 22.9. The van der Waals surface area contributed by atoms with Crippen LogP contribution < -0.4 is 10.1 Å². The van der Waals surface area contributed by atoms with E-state index in [0.29, 0.717) is 17.5 Å². The Kier molecular flexibility index (Phi) is 2.93. The second-order valence-corrected chi connectivity index (χ2v) is 4.49. The lowest BCUT2D eigenvalue weighted by molar-refractivity contribution is 0.212. The van der Waals surface area contributed by atoms with Gasteiger partial charge in [0, 0.05) is 24.9 Å². The van der Waals surface area contributed by atoms with Gasteiger partial charge in [0.1, 0.15) is 6.10 Å². The number of aromatic nitrogens is 2. The monoisotopic (exact) mass is 229 g/mol. The van der Waals surface area contributed by atoms with Crippen LogP contribution in [0.25, 0.3) is 0 Å². The Hall–Kier alpha value is -1.60. The topological polar surface area (TPSA) is 47.0 Å². The van der Waals surface area contributed by atoms with Crippen LogP contribution in [0.3, 0.4) is 0 Å². The number of hydrogen-bond acceptors (Lipinski definition) is 4. The highest BCUT2D eigenvalue weighted by Gasteiger charge is 2.20. The summed E-state index contributed by atoms with van der Waals surface area (Å²) >= 11 is 0. The molecule has 4 heteroatoms. The predicted octanol–water partition coefficient (Wildman–Crippen LogP) is 0.979. The van der Waals surface area contributed by atoms with Gasteiger partial charge in [0.15, 0.2) is 5.69 Å². The zero-order chi connectivity index (χ0) is 11.5. The minimum absolute atomic E-state index is 0.202. The SMILES string of the molecule is C(#CC1CC1)c1nccnc1OC1CCNC1. The van der Waals surface area contributed by atoms with Gasteiger partial charge >= 0.3 is 0 Å². The van der Waals surface area contributed by atoms with Crippen LogP contribution in [0.15, 0.2) is 12.4 Å². The highest BCUT2D eigenvalue weighted by molar-refractivity contribution is 5.36. The van der Waals surface area contributed by atoms with E-state index in [2.05, 4.69) is 27.1 Å². The lowest BCUT2D eigenvalue weighted by Gasteiger charge is -2.11. The van der Waals surface area contributed by atoms with Crippen LogP contribution in [0, 0.1) is 17.8 Å². The second kappa shape index (κ2) is 4.72. The van der Waals surface area contributed by atoms with E-state index in [0.717, 1.165) is 19.5 Å². The van der Waals surface area contributed by atoms with E-state index >= 15 is 0 Å². The third-order valence-corrected chi connectivity index (χ3v) is 2.93. The summed E-state index contributed by atoms with van der Waals surface area (Å²) < 4.78 is 5.82. The quantitative estimate of drug-likeness (QED) is 0.768. The molecule has 1 unspecified atom stereocenters. The maximum atomic E-state index is 5.82. The first-order valence-electron chi connectivity index (χ1n) is 6.12. The summed E-state index contributed by atoms with van der Waals surface area (Å²) in [7, 11) is 0. The van der Waals surface area contributed by atoms with Crippen molar-refractivity contribution in [3.05, 3.63) is 18.1 Å². The Bertz CT molecular complexity index is 453. The molecule has 1 saturated heterocycles. The average Bonchev–Trinajstić information content (AvgIpc) is 3.05. The summed E-state index contributed by atoms with van der Waals surface area (Å²) in [5.41, 5.74) is 0.673. The van der Waals surface area contributed by atoms with Gasteiger partial charge in [-0.05, 0) is 31.7 Å². The largest absolute Gasteiger partial charge is 0.471 e. The summed E-state index contributed by atoms with van der Waals surface area (Å²) in [5.74, 6) is 7.42. The molecule has 88 valence electrons. The van der Waals surface area contributed by atoms with E-state index in [1.165, 1.54) is 12.8 Å². The van der Waals surface area contributed by atoms with Crippen molar-refractivity contribution in [3.63, 3.8) is 0 Å². The molecule has 1 aliphatic carbocycles. The molecular weight excluding hydrogens is 214 g/mol. The molecule has 0 radical (unpaired) electrons. The smallest absolute Gasteiger partial charge is 0.249 e. The van der Waals surface area contributed by atoms with Crippen molar-refractivity contribution in [2.45, 2.75) is 25.4 Å².